The van der Waals surface area contributed by atoms with Crippen LogP contribution in [0.2, 0.25) is 0 Å². The third kappa shape index (κ3) is 7.09. The number of ether oxygens (including phenoxy) is 3. The molecule has 8 heteroatoms. The van der Waals surface area contributed by atoms with E-state index in [-0.39, 0.29) is 12.2 Å². The molecule has 1 aromatic rings. The molecular weight excluding hydrogens is 398 g/mol. The van der Waals surface area contributed by atoms with Crippen LogP contribution >= 0.6 is 0 Å². The van der Waals surface area contributed by atoms with Crippen molar-refractivity contribution < 1.29 is 23.8 Å². The Bertz CT molecular complexity index is 749. The zero-order valence-corrected chi connectivity index (χ0v) is 18.8. The van der Waals surface area contributed by atoms with Crippen molar-refractivity contribution >= 4 is 17.9 Å². The molecule has 1 amide bonds. The molecular formula is C23H35N3O5. The molecule has 1 aromatic heterocycles. The number of hydrogen-bond acceptors (Lipinski definition) is 7. The normalized spacial score (nSPS) is 20.8. The number of anilines is 1. The number of carbonyl (C=O) groups excluding carboxylic acids is 2. The van der Waals surface area contributed by atoms with E-state index in [1.54, 1.807) is 13.8 Å². The average Bonchev–Trinajstić information content (AvgIpc) is 2.72. The van der Waals surface area contributed by atoms with Crippen LogP contribution in [0.1, 0.15) is 57.2 Å². The van der Waals surface area contributed by atoms with Crippen LogP contribution in [0.25, 0.3) is 0 Å². The fraction of sp³-hybridized carbons (Fsp3) is 0.696. The van der Waals surface area contributed by atoms with Crippen LogP contribution in [0, 0.1) is 5.92 Å². The molecule has 172 valence electrons. The molecule has 1 fully saturated rings. The van der Waals surface area contributed by atoms with Gasteiger partial charge in [-0.15, -0.1) is 0 Å². The molecule has 0 bridgehead atoms. The summed E-state index contributed by atoms with van der Waals surface area (Å²) in [4.78, 5) is 28.4. The van der Waals surface area contributed by atoms with Crippen LogP contribution in [0.5, 0.6) is 0 Å². The van der Waals surface area contributed by atoms with E-state index in [0.717, 1.165) is 50.2 Å². The van der Waals surface area contributed by atoms with Gasteiger partial charge in [0.25, 0.3) is 0 Å². The Morgan fingerprint density at radius 3 is 2.84 bits per heavy atom. The third-order valence-electron chi connectivity index (χ3n) is 5.83. The molecule has 0 unspecified atom stereocenters. The summed E-state index contributed by atoms with van der Waals surface area (Å²) in [6, 6.07) is 3.60. The van der Waals surface area contributed by atoms with Crippen molar-refractivity contribution in [1.29, 1.82) is 0 Å². The first-order chi connectivity index (χ1) is 14.9. The maximum Gasteiger partial charge on any atom is 0.408 e. The summed E-state index contributed by atoms with van der Waals surface area (Å²) < 4.78 is 15.7. The average molecular weight is 434 g/mol. The van der Waals surface area contributed by atoms with Gasteiger partial charge in [-0.2, -0.15) is 0 Å². The zero-order valence-electron chi connectivity index (χ0n) is 18.8. The number of aryl methyl sites for hydroxylation is 2. The molecule has 0 spiro atoms. The van der Waals surface area contributed by atoms with Gasteiger partial charge in [0.2, 0.25) is 0 Å². The second-order valence-electron chi connectivity index (χ2n) is 8.67. The number of nitrogens with zero attached hydrogens (tertiary/aromatic N) is 1. The lowest BCUT2D eigenvalue weighted by Gasteiger charge is -2.35. The lowest BCUT2D eigenvalue weighted by Crippen LogP contribution is -2.43. The highest BCUT2D eigenvalue weighted by Crippen LogP contribution is 2.34. The Labute approximate surface area is 184 Å². The molecule has 0 aromatic carbocycles. The van der Waals surface area contributed by atoms with E-state index in [0.29, 0.717) is 18.9 Å². The van der Waals surface area contributed by atoms with Gasteiger partial charge in [-0.1, -0.05) is 6.07 Å². The highest BCUT2D eigenvalue weighted by molar-refractivity contribution is 5.81. The molecule has 1 atom stereocenters. The molecule has 1 aliphatic carbocycles. The maximum absolute atomic E-state index is 11.9. The van der Waals surface area contributed by atoms with Gasteiger partial charge < -0.3 is 24.8 Å². The van der Waals surface area contributed by atoms with Gasteiger partial charge in [0.15, 0.2) is 0 Å². The SMILES string of the molecule is COC(=O)[C@H](CCOC1CC(CCc2ccc3c(n2)NCCC3)C1)NC(=O)OC(C)C. The summed E-state index contributed by atoms with van der Waals surface area (Å²) >= 11 is 0. The highest BCUT2D eigenvalue weighted by Gasteiger charge is 2.30. The van der Waals surface area contributed by atoms with Gasteiger partial charge in [-0.25, -0.2) is 14.6 Å². The third-order valence-corrected chi connectivity index (χ3v) is 5.83. The Morgan fingerprint density at radius 1 is 1.29 bits per heavy atom. The van der Waals surface area contributed by atoms with E-state index in [9.17, 15) is 9.59 Å². The quantitative estimate of drug-likeness (QED) is 0.547. The first-order valence-corrected chi connectivity index (χ1v) is 11.3. The van der Waals surface area contributed by atoms with Gasteiger partial charge >= 0.3 is 12.1 Å². The van der Waals surface area contributed by atoms with Crippen molar-refractivity contribution in [1.82, 2.24) is 10.3 Å². The van der Waals surface area contributed by atoms with Crippen molar-refractivity contribution in [3.8, 4) is 0 Å². The number of pyridine rings is 1. The molecule has 2 N–H and O–H groups in total. The van der Waals surface area contributed by atoms with E-state index >= 15 is 0 Å². The van der Waals surface area contributed by atoms with Crippen LogP contribution in [0.4, 0.5) is 10.6 Å². The van der Waals surface area contributed by atoms with Gasteiger partial charge in [-0.3, -0.25) is 0 Å². The zero-order chi connectivity index (χ0) is 22.2. The minimum absolute atomic E-state index is 0.212. The van der Waals surface area contributed by atoms with Gasteiger partial charge in [0.05, 0.1) is 19.3 Å². The van der Waals surface area contributed by atoms with Gasteiger partial charge in [-0.05, 0) is 69.9 Å². The van der Waals surface area contributed by atoms with Crippen molar-refractivity contribution in [3.63, 3.8) is 0 Å². The lowest BCUT2D eigenvalue weighted by atomic mass is 9.79. The van der Waals surface area contributed by atoms with Crippen molar-refractivity contribution in [2.24, 2.45) is 5.92 Å². The summed E-state index contributed by atoms with van der Waals surface area (Å²) in [5.74, 6) is 1.21. The first-order valence-electron chi connectivity index (χ1n) is 11.3. The van der Waals surface area contributed by atoms with Crippen LogP contribution in [0.3, 0.4) is 0 Å². The number of amides is 1. The van der Waals surface area contributed by atoms with Crippen LogP contribution < -0.4 is 10.6 Å². The smallest absolute Gasteiger partial charge is 0.408 e. The van der Waals surface area contributed by atoms with Crippen molar-refractivity contribution in [2.45, 2.75) is 77.0 Å². The van der Waals surface area contributed by atoms with Crippen LogP contribution in [-0.2, 0) is 31.8 Å². The lowest BCUT2D eigenvalue weighted by molar-refractivity contribution is -0.144. The van der Waals surface area contributed by atoms with Gasteiger partial charge in [0, 0.05) is 25.3 Å². The summed E-state index contributed by atoms with van der Waals surface area (Å²) in [5.41, 5.74) is 2.47. The first kappa shape index (κ1) is 23.3. The Balaban J connectivity index is 1.33. The number of esters is 1. The minimum Gasteiger partial charge on any atom is -0.467 e. The monoisotopic (exact) mass is 433 g/mol. The number of hydrogen-bond donors (Lipinski definition) is 2. The highest BCUT2D eigenvalue weighted by atomic mass is 16.6. The minimum atomic E-state index is -0.768. The number of rotatable bonds is 10. The summed E-state index contributed by atoms with van der Waals surface area (Å²) in [7, 11) is 1.30. The predicted molar refractivity (Wildman–Crippen MR) is 117 cm³/mol. The summed E-state index contributed by atoms with van der Waals surface area (Å²) in [6.07, 6.45) is 6.12. The predicted octanol–water partition coefficient (Wildman–Crippen LogP) is 3.23. The molecule has 0 saturated heterocycles. The van der Waals surface area contributed by atoms with E-state index in [1.165, 1.54) is 19.1 Å². The molecule has 1 aliphatic heterocycles. The molecule has 31 heavy (non-hydrogen) atoms. The van der Waals surface area contributed by atoms with E-state index in [2.05, 4.69) is 22.8 Å². The maximum atomic E-state index is 11.9. The second kappa shape index (κ2) is 11.3. The van der Waals surface area contributed by atoms with Gasteiger partial charge in [0.1, 0.15) is 11.9 Å². The standard InChI is InChI=1S/C23H35N3O5/c1-15(2)31-23(28)26-20(22(27)29-3)10-12-30-19-13-16(14-19)6-8-18-9-7-17-5-4-11-24-21(17)25-18/h7,9,15-16,19-20H,4-6,8,10-14H2,1-3H3,(H,24,25)(H,26,28)/t16?,19?,20-/m0/s1. The number of fused-ring (bicyclic) bond motifs is 1. The molecule has 3 rings (SSSR count). The molecule has 2 aliphatic rings. The van der Waals surface area contributed by atoms with Crippen molar-refractivity contribution in [2.75, 3.05) is 25.6 Å². The fourth-order valence-electron chi connectivity index (χ4n) is 4.04. The number of aromatic nitrogens is 1. The fourth-order valence-corrected chi connectivity index (χ4v) is 4.04. The number of carbonyl (C=O) groups is 2. The topological polar surface area (TPSA) is 98.8 Å². The Morgan fingerprint density at radius 2 is 2.10 bits per heavy atom. The van der Waals surface area contributed by atoms with E-state index in [1.807, 2.05) is 0 Å². The molecule has 0 radical (unpaired) electrons. The number of nitrogens with one attached hydrogen (secondary N) is 2. The van der Waals surface area contributed by atoms with Crippen molar-refractivity contribution in [3.05, 3.63) is 23.4 Å². The van der Waals surface area contributed by atoms with E-state index < -0.39 is 18.1 Å². The summed E-state index contributed by atoms with van der Waals surface area (Å²) in [6.45, 7) is 4.90. The molecule has 1 saturated carbocycles. The number of methoxy groups -OCH3 is 1. The Kier molecular flexibility index (Phi) is 8.51. The Hall–Kier alpha value is -2.35. The molecule has 8 nitrogen and oxygen atoms in total. The second-order valence-corrected chi connectivity index (χ2v) is 8.67. The van der Waals surface area contributed by atoms with Crippen LogP contribution in [-0.4, -0.2) is 55.6 Å². The largest absolute Gasteiger partial charge is 0.467 e. The van der Waals surface area contributed by atoms with Crippen LogP contribution in [0.15, 0.2) is 12.1 Å². The number of alkyl carbamates (subject to hydrolysis) is 1. The van der Waals surface area contributed by atoms with E-state index in [4.69, 9.17) is 19.2 Å². The molecule has 2 heterocycles. The summed E-state index contributed by atoms with van der Waals surface area (Å²) in [5, 5.41) is 5.94.